The van der Waals surface area contributed by atoms with E-state index in [1.807, 2.05) is 0 Å². The number of nitrogens with zero attached hydrogens (tertiary/aromatic N) is 3. The average molecular weight is 437 g/mol. The number of ether oxygens (including phenoxy) is 1. The molecular weight excluding hydrogens is 408 g/mol. The number of carbonyl (C=O) groups is 1. The number of carbonyl (C=O) groups excluding carboxylic acids is 1. The standard InChI is InChI=1S/C16H28N4O6S2/c1-4-19(5-2)28(24,25)14-12-15(18(3)13-14)16(21)17-6-11-27(22,23)20-7-9-26-10-8-20/h12-13H,4-11H2,1-3H3,(H,17,21). The Hall–Kier alpha value is -1.47. The first-order chi connectivity index (χ1) is 13.1. The van der Waals surface area contributed by atoms with Gasteiger partial charge in [0.05, 0.1) is 19.0 Å². The molecule has 160 valence electrons. The zero-order valence-corrected chi connectivity index (χ0v) is 18.1. The van der Waals surface area contributed by atoms with Gasteiger partial charge in [-0.15, -0.1) is 0 Å². The first kappa shape index (κ1) is 22.8. The number of hydrogen-bond donors (Lipinski definition) is 1. The SMILES string of the molecule is CCN(CC)S(=O)(=O)c1cc(C(=O)NCCS(=O)(=O)N2CCOCC2)n(C)c1. The molecule has 12 heteroatoms. The fourth-order valence-corrected chi connectivity index (χ4v) is 5.81. The molecular formula is C16H28N4O6S2. The third-order valence-corrected chi connectivity index (χ3v) is 8.45. The lowest BCUT2D eigenvalue weighted by molar-refractivity contribution is 0.0730. The first-order valence-corrected chi connectivity index (χ1v) is 12.2. The molecule has 1 fully saturated rings. The van der Waals surface area contributed by atoms with Crippen LogP contribution in [0.4, 0.5) is 0 Å². The normalized spacial score (nSPS) is 16.4. The third-order valence-electron chi connectivity index (χ3n) is 4.56. The molecule has 2 heterocycles. The maximum absolute atomic E-state index is 12.6. The fourth-order valence-electron chi connectivity index (χ4n) is 2.95. The Kier molecular flexibility index (Phi) is 7.62. The van der Waals surface area contributed by atoms with Crippen molar-refractivity contribution < 1.29 is 26.4 Å². The van der Waals surface area contributed by atoms with Gasteiger partial charge in [-0.1, -0.05) is 13.8 Å². The number of sulfonamides is 2. The van der Waals surface area contributed by atoms with Gasteiger partial charge in [-0.2, -0.15) is 8.61 Å². The number of rotatable bonds is 9. The summed E-state index contributed by atoms with van der Waals surface area (Å²) < 4.78 is 58.9. The summed E-state index contributed by atoms with van der Waals surface area (Å²) >= 11 is 0. The second-order valence-electron chi connectivity index (χ2n) is 6.34. The van der Waals surface area contributed by atoms with Gasteiger partial charge in [0.1, 0.15) is 10.6 Å². The van der Waals surface area contributed by atoms with Crippen LogP contribution in [-0.4, -0.2) is 87.6 Å². The average Bonchev–Trinajstić information content (AvgIpc) is 3.06. The highest BCUT2D eigenvalue weighted by Crippen LogP contribution is 2.18. The minimum absolute atomic E-state index is 0.0322. The van der Waals surface area contributed by atoms with Crippen LogP contribution in [0.1, 0.15) is 24.3 Å². The predicted molar refractivity (Wildman–Crippen MR) is 104 cm³/mol. The van der Waals surface area contributed by atoms with Gasteiger partial charge in [0.25, 0.3) is 5.91 Å². The molecule has 2 rings (SSSR count). The second-order valence-corrected chi connectivity index (χ2v) is 10.4. The molecule has 0 saturated carbocycles. The zero-order chi connectivity index (χ0) is 20.9. The maximum atomic E-state index is 12.6. The van der Waals surface area contributed by atoms with Crippen molar-refractivity contribution in [2.24, 2.45) is 7.05 Å². The Morgan fingerprint density at radius 2 is 1.79 bits per heavy atom. The third kappa shape index (κ3) is 5.11. The topological polar surface area (TPSA) is 118 Å². The van der Waals surface area contributed by atoms with Crippen LogP contribution in [0.2, 0.25) is 0 Å². The van der Waals surface area contributed by atoms with Crippen LogP contribution in [0.15, 0.2) is 17.2 Å². The van der Waals surface area contributed by atoms with E-state index in [2.05, 4.69) is 5.32 Å². The fraction of sp³-hybridized carbons (Fsp3) is 0.688. The van der Waals surface area contributed by atoms with Crippen LogP contribution in [0, 0.1) is 0 Å². The molecule has 0 atom stereocenters. The van der Waals surface area contributed by atoms with Crippen molar-refractivity contribution in [3.05, 3.63) is 18.0 Å². The van der Waals surface area contributed by atoms with E-state index in [1.54, 1.807) is 20.9 Å². The van der Waals surface area contributed by atoms with Crippen molar-refractivity contribution >= 4 is 26.0 Å². The van der Waals surface area contributed by atoms with Gasteiger partial charge in [0.15, 0.2) is 0 Å². The van der Waals surface area contributed by atoms with Crippen molar-refractivity contribution in [2.75, 3.05) is 51.7 Å². The van der Waals surface area contributed by atoms with E-state index in [1.165, 1.54) is 25.4 Å². The summed E-state index contributed by atoms with van der Waals surface area (Å²) in [6.45, 7) is 5.41. The molecule has 1 aromatic rings. The molecule has 0 spiro atoms. The van der Waals surface area contributed by atoms with Crippen molar-refractivity contribution in [2.45, 2.75) is 18.7 Å². The summed E-state index contributed by atoms with van der Waals surface area (Å²) in [4.78, 5) is 12.4. The summed E-state index contributed by atoms with van der Waals surface area (Å²) in [5.41, 5.74) is 0.148. The van der Waals surface area contributed by atoms with Crippen molar-refractivity contribution in [3.8, 4) is 0 Å². The van der Waals surface area contributed by atoms with E-state index in [9.17, 15) is 21.6 Å². The number of hydrogen-bond acceptors (Lipinski definition) is 6. The van der Waals surface area contributed by atoms with Crippen LogP contribution in [0.3, 0.4) is 0 Å². The van der Waals surface area contributed by atoms with E-state index >= 15 is 0 Å². The Bertz CT molecular complexity index is 884. The summed E-state index contributed by atoms with van der Waals surface area (Å²) in [7, 11) is -5.58. The number of nitrogens with one attached hydrogen (secondary N) is 1. The minimum Gasteiger partial charge on any atom is -0.379 e. The van der Waals surface area contributed by atoms with Crippen LogP contribution in [-0.2, 0) is 31.8 Å². The van der Waals surface area contributed by atoms with Gasteiger partial charge in [-0.05, 0) is 6.07 Å². The van der Waals surface area contributed by atoms with Gasteiger partial charge in [-0.25, -0.2) is 16.8 Å². The van der Waals surface area contributed by atoms with Crippen molar-refractivity contribution in [1.82, 2.24) is 18.5 Å². The molecule has 1 N–H and O–H groups in total. The van der Waals surface area contributed by atoms with Gasteiger partial charge >= 0.3 is 0 Å². The van der Waals surface area contributed by atoms with Crippen LogP contribution < -0.4 is 5.32 Å². The molecule has 1 amide bonds. The largest absolute Gasteiger partial charge is 0.379 e. The van der Waals surface area contributed by atoms with E-state index in [0.29, 0.717) is 39.4 Å². The number of aromatic nitrogens is 1. The molecule has 1 aliphatic rings. The summed E-state index contributed by atoms with van der Waals surface area (Å²) in [6, 6.07) is 1.31. The minimum atomic E-state index is -3.68. The molecule has 0 bridgehead atoms. The summed E-state index contributed by atoms with van der Waals surface area (Å²) in [6.07, 6.45) is 1.38. The maximum Gasteiger partial charge on any atom is 0.267 e. The number of amides is 1. The molecule has 10 nitrogen and oxygen atoms in total. The Morgan fingerprint density at radius 1 is 1.18 bits per heavy atom. The lowest BCUT2D eigenvalue weighted by Crippen LogP contribution is -2.43. The Balaban J connectivity index is 2.02. The Labute approximate surface area is 166 Å². The van der Waals surface area contributed by atoms with Gasteiger partial charge in [0.2, 0.25) is 20.0 Å². The zero-order valence-electron chi connectivity index (χ0n) is 16.4. The first-order valence-electron chi connectivity index (χ1n) is 9.13. The van der Waals surface area contributed by atoms with E-state index in [0.717, 1.165) is 0 Å². The van der Waals surface area contributed by atoms with E-state index in [-0.39, 0.29) is 22.9 Å². The summed E-state index contributed by atoms with van der Waals surface area (Å²) in [5, 5.41) is 2.55. The molecule has 1 saturated heterocycles. The lowest BCUT2D eigenvalue weighted by Gasteiger charge is -2.26. The van der Waals surface area contributed by atoms with Crippen LogP contribution >= 0.6 is 0 Å². The monoisotopic (exact) mass is 436 g/mol. The molecule has 28 heavy (non-hydrogen) atoms. The second kappa shape index (κ2) is 9.35. The quantitative estimate of drug-likeness (QED) is 0.555. The predicted octanol–water partition coefficient (Wildman–Crippen LogP) is -0.553. The summed E-state index contributed by atoms with van der Waals surface area (Å²) in [5.74, 6) is -0.756. The molecule has 1 aromatic heterocycles. The molecule has 0 unspecified atom stereocenters. The van der Waals surface area contributed by atoms with Crippen LogP contribution in [0.5, 0.6) is 0 Å². The smallest absolute Gasteiger partial charge is 0.267 e. The highest BCUT2D eigenvalue weighted by Gasteiger charge is 2.26. The van der Waals surface area contributed by atoms with E-state index in [4.69, 9.17) is 4.74 Å². The highest BCUT2D eigenvalue weighted by atomic mass is 32.2. The van der Waals surface area contributed by atoms with Crippen LogP contribution in [0.25, 0.3) is 0 Å². The van der Waals surface area contributed by atoms with E-state index < -0.39 is 26.0 Å². The number of aryl methyl sites for hydroxylation is 1. The molecule has 0 aromatic carbocycles. The van der Waals surface area contributed by atoms with Gasteiger partial charge in [0, 0.05) is 46.0 Å². The molecule has 0 aliphatic carbocycles. The van der Waals surface area contributed by atoms with Gasteiger partial charge in [-0.3, -0.25) is 4.79 Å². The Morgan fingerprint density at radius 3 is 2.36 bits per heavy atom. The van der Waals surface area contributed by atoms with Crippen molar-refractivity contribution in [3.63, 3.8) is 0 Å². The molecule has 0 radical (unpaired) electrons. The number of morpholine rings is 1. The molecule has 1 aliphatic heterocycles. The van der Waals surface area contributed by atoms with Crippen molar-refractivity contribution in [1.29, 1.82) is 0 Å². The van der Waals surface area contributed by atoms with Gasteiger partial charge < -0.3 is 14.6 Å². The highest BCUT2D eigenvalue weighted by molar-refractivity contribution is 7.89. The lowest BCUT2D eigenvalue weighted by atomic mass is 10.4.